The maximum atomic E-state index is 12.5. The van der Waals surface area contributed by atoms with E-state index < -0.39 is 0 Å². The lowest BCUT2D eigenvalue weighted by Crippen LogP contribution is -2.41. The van der Waals surface area contributed by atoms with E-state index in [4.69, 9.17) is 0 Å². The van der Waals surface area contributed by atoms with Crippen molar-refractivity contribution in [3.63, 3.8) is 0 Å². The second kappa shape index (κ2) is 7.62. The standard InChI is InChI=1S/C20H21N3O3S/c24-13-10-12(11-13)19(17-6-3-9-27-17)23-18(25)8-7-16-20(26)22-15-5-2-1-4-14(15)21-16/h1-6,9,12-13,19,24H,7-8,10-11H2,(H,22,26)(H,23,25)/t12?,13?,19-/m1/s1. The average Bonchev–Trinajstić information content (AvgIpc) is 3.16. The van der Waals surface area contributed by atoms with Crippen molar-refractivity contribution in [3.8, 4) is 0 Å². The molecule has 1 aromatic carbocycles. The molecule has 1 fully saturated rings. The first kappa shape index (κ1) is 17.9. The molecule has 0 aliphatic heterocycles. The van der Waals surface area contributed by atoms with Crippen LogP contribution >= 0.6 is 11.3 Å². The van der Waals surface area contributed by atoms with Gasteiger partial charge in [0.25, 0.3) is 5.56 Å². The monoisotopic (exact) mass is 383 g/mol. The van der Waals surface area contributed by atoms with E-state index in [1.54, 1.807) is 17.4 Å². The van der Waals surface area contributed by atoms with Gasteiger partial charge >= 0.3 is 0 Å². The Hall–Kier alpha value is -2.51. The Bertz CT molecular complexity index is 993. The molecule has 4 rings (SSSR count). The maximum absolute atomic E-state index is 12.5. The molecule has 1 aliphatic carbocycles. The van der Waals surface area contributed by atoms with E-state index in [0.717, 1.165) is 4.88 Å². The highest BCUT2D eigenvalue weighted by atomic mass is 32.1. The van der Waals surface area contributed by atoms with E-state index in [2.05, 4.69) is 15.3 Å². The van der Waals surface area contributed by atoms with Crippen LogP contribution in [-0.4, -0.2) is 27.1 Å². The third-order valence-corrected chi connectivity index (χ3v) is 6.00. The number of carbonyl (C=O) groups is 1. The number of benzene rings is 1. The number of aliphatic hydroxyl groups excluding tert-OH is 1. The molecule has 1 atom stereocenters. The Morgan fingerprint density at radius 3 is 2.85 bits per heavy atom. The second-order valence-electron chi connectivity index (χ2n) is 6.98. The minimum atomic E-state index is -0.269. The summed E-state index contributed by atoms with van der Waals surface area (Å²) in [6, 6.07) is 11.2. The van der Waals surface area contributed by atoms with Crippen LogP contribution < -0.4 is 10.9 Å². The van der Waals surface area contributed by atoms with Crippen molar-refractivity contribution < 1.29 is 9.90 Å². The SMILES string of the molecule is O=C(CCc1nc2ccccc2[nH]c1=O)N[C@@H](c1cccs1)C1CC(O)C1. The van der Waals surface area contributed by atoms with E-state index in [1.165, 1.54) is 0 Å². The van der Waals surface area contributed by atoms with Gasteiger partial charge in [-0.15, -0.1) is 11.3 Å². The first-order chi connectivity index (χ1) is 13.1. The van der Waals surface area contributed by atoms with E-state index in [-0.39, 0.29) is 42.4 Å². The van der Waals surface area contributed by atoms with Gasteiger partial charge in [-0.1, -0.05) is 18.2 Å². The number of H-pyrrole nitrogens is 1. The lowest BCUT2D eigenvalue weighted by atomic mass is 9.76. The second-order valence-corrected chi connectivity index (χ2v) is 7.95. The summed E-state index contributed by atoms with van der Waals surface area (Å²) < 4.78 is 0. The summed E-state index contributed by atoms with van der Waals surface area (Å²) in [7, 11) is 0. The number of fused-ring (bicyclic) bond motifs is 1. The zero-order valence-electron chi connectivity index (χ0n) is 14.7. The molecule has 1 amide bonds. The van der Waals surface area contributed by atoms with E-state index >= 15 is 0 Å². The number of aromatic amines is 1. The molecule has 3 aromatic rings. The van der Waals surface area contributed by atoms with Gasteiger partial charge in [-0.2, -0.15) is 0 Å². The molecule has 0 saturated heterocycles. The molecule has 0 radical (unpaired) electrons. The largest absolute Gasteiger partial charge is 0.393 e. The smallest absolute Gasteiger partial charge is 0.270 e. The predicted octanol–water partition coefficient (Wildman–Crippen LogP) is 2.55. The lowest BCUT2D eigenvalue weighted by molar-refractivity contribution is -0.123. The molecule has 7 heteroatoms. The third-order valence-electron chi connectivity index (χ3n) is 5.05. The molecule has 0 spiro atoms. The highest BCUT2D eigenvalue weighted by Crippen LogP contribution is 2.39. The quantitative estimate of drug-likeness (QED) is 0.610. The molecule has 2 aromatic heterocycles. The number of carbonyl (C=O) groups excluding carboxylic acids is 1. The highest BCUT2D eigenvalue weighted by molar-refractivity contribution is 7.10. The molecular weight excluding hydrogens is 362 g/mol. The molecule has 2 heterocycles. The number of para-hydroxylation sites is 2. The lowest BCUT2D eigenvalue weighted by Gasteiger charge is -2.37. The first-order valence-electron chi connectivity index (χ1n) is 9.09. The Labute approximate surface area is 160 Å². The Morgan fingerprint density at radius 1 is 1.30 bits per heavy atom. The van der Waals surface area contributed by atoms with Crippen LogP contribution in [0.4, 0.5) is 0 Å². The van der Waals surface area contributed by atoms with Crippen LogP contribution in [0.2, 0.25) is 0 Å². The Morgan fingerprint density at radius 2 is 2.11 bits per heavy atom. The Kier molecular flexibility index (Phi) is 5.05. The topological polar surface area (TPSA) is 95.1 Å². The summed E-state index contributed by atoms with van der Waals surface area (Å²) in [5.41, 5.74) is 1.53. The number of amides is 1. The summed E-state index contributed by atoms with van der Waals surface area (Å²) >= 11 is 1.61. The van der Waals surface area contributed by atoms with Crippen LogP contribution in [0.25, 0.3) is 11.0 Å². The van der Waals surface area contributed by atoms with Crippen LogP contribution in [0.1, 0.15) is 35.9 Å². The third kappa shape index (κ3) is 3.94. The summed E-state index contributed by atoms with van der Waals surface area (Å²) in [6.07, 6.45) is 1.63. The van der Waals surface area contributed by atoms with Crippen LogP contribution in [0.15, 0.2) is 46.6 Å². The zero-order valence-corrected chi connectivity index (χ0v) is 15.5. The highest BCUT2D eigenvalue weighted by Gasteiger charge is 2.36. The molecule has 0 unspecified atom stereocenters. The van der Waals surface area contributed by atoms with Gasteiger partial charge < -0.3 is 15.4 Å². The normalized spacial score (nSPS) is 20.2. The molecule has 1 saturated carbocycles. The van der Waals surface area contributed by atoms with Crippen molar-refractivity contribution in [2.75, 3.05) is 0 Å². The number of aryl methyl sites for hydroxylation is 1. The van der Waals surface area contributed by atoms with Gasteiger partial charge in [0.05, 0.1) is 23.2 Å². The number of hydrogen-bond acceptors (Lipinski definition) is 5. The molecule has 140 valence electrons. The molecule has 27 heavy (non-hydrogen) atoms. The van der Waals surface area contributed by atoms with E-state index in [9.17, 15) is 14.7 Å². The van der Waals surface area contributed by atoms with E-state index in [1.807, 2.05) is 35.7 Å². The summed E-state index contributed by atoms with van der Waals surface area (Å²) in [6.45, 7) is 0. The molecule has 3 N–H and O–H groups in total. The molecule has 1 aliphatic rings. The number of nitrogens with zero attached hydrogens (tertiary/aromatic N) is 1. The van der Waals surface area contributed by atoms with Gasteiger partial charge in [-0.3, -0.25) is 9.59 Å². The predicted molar refractivity (Wildman–Crippen MR) is 105 cm³/mol. The zero-order chi connectivity index (χ0) is 18.8. The van der Waals surface area contributed by atoms with Gasteiger partial charge in [0.1, 0.15) is 5.69 Å². The van der Waals surface area contributed by atoms with Gasteiger partial charge in [0.15, 0.2) is 0 Å². The van der Waals surface area contributed by atoms with Gasteiger partial charge in [0, 0.05) is 17.7 Å². The van der Waals surface area contributed by atoms with Crippen LogP contribution in [0.3, 0.4) is 0 Å². The summed E-state index contributed by atoms with van der Waals surface area (Å²) in [5, 5.41) is 14.7. The summed E-state index contributed by atoms with van der Waals surface area (Å²) in [5.74, 6) is 0.147. The van der Waals surface area contributed by atoms with Crippen molar-refractivity contribution in [2.24, 2.45) is 5.92 Å². The number of aliphatic hydroxyl groups is 1. The minimum absolute atomic E-state index is 0.0799. The van der Waals surface area contributed by atoms with Crippen molar-refractivity contribution >= 4 is 28.3 Å². The van der Waals surface area contributed by atoms with Crippen LogP contribution in [0.5, 0.6) is 0 Å². The number of rotatable bonds is 6. The number of thiophene rings is 1. The van der Waals surface area contributed by atoms with Crippen LogP contribution in [0, 0.1) is 5.92 Å². The van der Waals surface area contributed by atoms with Gasteiger partial charge in [0.2, 0.25) is 5.91 Å². The first-order valence-corrected chi connectivity index (χ1v) is 9.97. The number of aromatic nitrogens is 2. The number of nitrogens with one attached hydrogen (secondary N) is 2. The minimum Gasteiger partial charge on any atom is -0.393 e. The number of hydrogen-bond donors (Lipinski definition) is 3. The fraction of sp³-hybridized carbons (Fsp3) is 0.350. The van der Waals surface area contributed by atoms with Crippen molar-refractivity contribution in [2.45, 2.75) is 37.8 Å². The van der Waals surface area contributed by atoms with Crippen LogP contribution in [-0.2, 0) is 11.2 Å². The fourth-order valence-corrected chi connectivity index (χ4v) is 4.38. The van der Waals surface area contributed by atoms with Gasteiger partial charge in [-0.05, 0) is 42.3 Å². The van der Waals surface area contributed by atoms with Crippen molar-refractivity contribution in [1.82, 2.24) is 15.3 Å². The van der Waals surface area contributed by atoms with Gasteiger partial charge in [-0.25, -0.2) is 4.98 Å². The molecule has 0 bridgehead atoms. The summed E-state index contributed by atoms with van der Waals surface area (Å²) in [4.78, 5) is 33.0. The van der Waals surface area contributed by atoms with Crippen molar-refractivity contribution in [3.05, 3.63) is 62.7 Å². The molecular formula is C20H21N3O3S. The molecule has 6 nitrogen and oxygen atoms in total. The fourth-order valence-electron chi connectivity index (χ4n) is 3.51. The maximum Gasteiger partial charge on any atom is 0.270 e. The van der Waals surface area contributed by atoms with E-state index in [0.29, 0.717) is 29.6 Å². The average molecular weight is 383 g/mol. The Balaban J connectivity index is 1.43. The van der Waals surface area contributed by atoms with Crippen molar-refractivity contribution in [1.29, 1.82) is 0 Å².